The van der Waals surface area contributed by atoms with E-state index in [1.54, 1.807) is 6.20 Å². The van der Waals surface area contributed by atoms with Gasteiger partial charge in [-0.05, 0) is 24.6 Å². The third-order valence-corrected chi connectivity index (χ3v) is 1.82. The molecule has 15 heavy (non-hydrogen) atoms. The summed E-state index contributed by atoms with van der Waals surface area (Å²) in [4.78, 5) is 12.6. The second kappa shape index (κ2) is 4.16. The van der Waals surface area contributed by atoms with E-state index in [1.807, 2.05) is 19.1 Å². The highest BCUT2D eigenvalue weighted by molar-refractivity contribution is 5.48. The van der Waals surface area contributed by atoms with Crippen LogP contribution in [0.2, 0.25) is 0 Å². The van der Waals surface area contributed by atoms with Crippen molar-refractivity contribution in [2.24, 2.45) is 5.90 Å². The maximum Gasteiger partial charge on any atom is 0.255 e. The zero-order valence-corrected chi connectivity index (χ0v) is 8.17. The van der Waals surface area contributed by atoms with E-state index in [2.05, 4.69) is 20.0 Å². The fourth-order valence-corrected chi connectivity index (χ4v) is 1.15. The smallest absolute Gasteiger partial charge is 0.255 e. The summed E-state index contributed by atoms with van der Waals surface area (Å²) in [5.41, 5.74) is 1.75. The van der Waals surface area contributed by atoms with Gasteiger partial charge in [0.1, 0.15) is 12.3 Å². The Morgan fingerprint density at radius 1 is 1.53 bits per heavy atom. The van der Waals surface area contributed by atoms with Crippen molar-refractivity contribution in [1.29, 1.82) is 0 Å². The van der Waals surface area contributed by atoms with Gasteiger partial charge < -0.3 is 4.52 Å². The predicted octanol–water partition coefficient (Wildman–Crippen LogP) is 0.830. The molecule has 2 N–H and O–H groups in total. The van der Waals surface area contributed by atoms with Gasteiger partial charge in [-0.1, -0.05) is 5.16 Å². The first-order valence-electron chi connectivity index (χ1n) is 4.37. The molecule has 0 unspecified atom stereocenters. The molecular weight excluding hydrogens is 196 g/mol. The van der Waals surface area contributed by atoms with Crippen LogP contribution >= 0.6 is 0 Å². The molecule has 0 aliphatic heterocycles. The zero-order valence-electron chi connectivity index (χ0n) is 8.17. The average molecular weight is 206 g/mol. The van der Waals surface area contributed by atoms with Crippen molar-refractivity contribution >= 4 is 0 Å². The van der Waals surface area contributed by atoms with E-state index in [-0.39, 0.29) is 6.61 Å². The summed E-state index contributed by atoms with van der Waals surface area (Å²) in [5, 5.41) is 3.76. The van der Waals surface area contributed by atoms with Gasteiger partial charge in [0.15, 0.2) is 0 Å². The Balaban J connectivity index is 2.29. The van der Waals surface area contributed by atoms with Crippen molar-refractivity contribution in [3.63, 3.8) is 0 Å². The molecule has 0 amide bonds. The fraction of sp³-hybridized carbons (Fsp3) is 0.222. The standard InChI is InChI=1S/C9H10N4O2/c1-6-2-3-11-7(4-6)9-12-8(5-14-10)15-13-9/h2-4H,5,10H2,1H3. The van der Waals surface area contributed by atoms with Crippen molar-refractivity contribution in [2.45, 2.75) is 13.5 Å². The van der Waals surface area contributed by atoms with Crippen LogP contribution in [0.3, 0.4) is 0 Å². The van der Waals surface area contributed by atoms with Crippen LogP contribution in [0.1, 0.15) is 11.5 Å². The lowest BCUT2D eigenvalue weighted by Crippen LogP contribution is -1.98. The Hall–Kier alpha value is -1.79. The Labute approximate surface area is 86.0 Å². The molecule has 0 radical (unpaired) electrons. The first kappa shape index (κ1) is 9.75. The van der Waals surface area contributed by atoms with Crippen LogP contribution in [0, 0.1) is 6.92 Å². The zero-order chi connectivity index (χ0) is 10.7. The monoisotopic (exact) mass is 206 g/mol. The van der Waals surface area contributed by atoms with E-state index in [1.165, 1.54) is 0 Å². The van der Waals surface area contributed by atoms with E-state index >= 15 is 0 Å². The van der Waals surface area contributed by atoms with Gasteiger partial charge in [0, 0.05) is 6.20 Å². The van der Waals surface area contributed by atoms with Crippen LogP contribution in [0.25, 0.3) is 11.5 Å². The van der Waals surface area contributed by atoms with Gasteiger partial charge >= 0.3 is 0 Å². The van der Waals surface area contributed by atoms with E-state index in [4.69, 9.17) is 10.4 Å². The molecule has 0 fully saturated rings. The lowest BCUT2D eigenvalue weighted by atomic mass is 10.2. The third-order valence-electron chi connectivity index (χ3n) is 1.82. The molecule has 0 spiro atoms. The molecule has 2 aromatic rings. The second-order valence-electron chi connectivity index (χ2n) is 3.04. The van der Waals surface area contributed by atoms with Crippen molar-refractivity contribution in [2.75, 3.05) is 0 Å². The minimum absolute atomic E-state index is 0.0960. The molecular formula is C9H10N4O2. The molecule has 0 saturated carbocycles. The summed E-state index contributed by atoms with van der Waals surface area (Å²) in [6.45, 7) is 2.06. The van der Waals surface area contributed by atoms with Crippen LogP contribution < -0.4 is 5.90 Å². The average Bonchev–Trinajstić information content (AvgIpc) is 2.67. The van der Waals surface area contributed by atoms with Gasteiger partial charge in [-0.2, -0.15) is 4.98 Å². The van der Waals surface area contributed by atoms with E-state index in [0.29, 0.717) is 17.4 Å². The Bertz CT molecular complexity index is 455. The molecule has 0 aliphatic rings. The maximum absolute atomic E-state index is 4.89. The minimum atomic E-state index is 0.0960. The van der Waals surface area contributed by atoms with Crippen LogP contribution in [0.15, 0.2) is 22.9 Å². The second-order valence-corrected chi connectivity index (χ2v) is 3.04. The summed E-state index contributed by atoms with van der Waals surface area (Å²) in [6.07, 6.45) is 1.69. The quantitative estimate of drug-likeness (QED) is 0.748. The highest BCUT2D eigenvalue weighted by Crippen LogP contribution is 2.13. The number of pyridine rings is 1. The predicted molar refractivity (Wildman–Crippen MR) is 51.2 cm³/mol. The summed E-state index contributed by atoms with van der Waals surface area (Å²) in [6, 6.07) is 3.77. The molecule has 0 aromatic carbocycles. The molecule has 6 heteroatoms. The Morgan fingerprint density at radius 3 is 3.13 bits per heavy atom. The minimum Gasteiger partial charge on any atom is -0.336 e. The largest absolute Gasteiger partial charge is 0.336 e. The summed E-state index contributed by atoms with van der Waals surface area (Å²) < 4.78 is 4.89. The Kier molecular flexibility index (Phi) is 2.70. The molecule has 0 aliphatic carbocycles. The summed E-state index contributed by atoms with van der Waals surface area (Å²) in [5.74, 6) is 5.65. The molecule has 2 aromatic heterocycles. The number of hydrogen-bond acceptors (Lipinski definition) is 6. The number of nitrogens with two attached hydrogens (primary N) is 1. The van der Waals surface area contributed by atoms with Crippen LogP contribution in [0.5, 0.6) is 0 Å². The number of nitrogens with zero attached hydrogens (tertiary/aromatic N) is 3. The van der Waals surface area contributed by atoms with Gasteiger partial charge in [0.05, 0.1) is 0 Å². The molecule has 2 heterocycles. The fourth-order valence-electron chi connectivity index (χ4n) is 1.15. The van der Waals surface area contributed by atoms with Crippen molar-refractivity contribution in [3.05, 3.63) is 29.8 Å². The van der Waals surface area contributed by atoms with Crippen molar-refractivity contribution in [3.8, 4) is 11.5 Å². The lowest BCUT2D eigenvalue weighted by Gasteiger charge is -1.94. The SMILES string of the molecule is Cc1ccnc(-c2noc(CON)n2)c1. The maximum atomic E-state index is 4.89. The highest BCUT2D eigenvalue weighted by Gasteiger charge is 2.09. The van der Waals surface area contributed by atoms with Gasteiger partial charge in [0.25, 0.3) is 5.89 Å². The third kappa shape index (κ3) is 2.17. The molecule has 6 nitrogen and oxygen atoms in total. The Morgan fingerprint density at radius 2 is 2.40 bits per heavy atom. The van der Waals surface area contributed by atoms with E-state index < -0.39 is 0 Å². The normalized spacial score (nSPS) is 10.5. The molecule has 0 saturated heterocycles. The molecule has 78 valence electrons. The number of aryl methyl sites for hydroxylation is 1. The van der Waals surface area contributed by atoms with Crippen LogP contribution in [-0.2, 0) is 11.4 Å². The topological polar surface area (TPSA) is 87.1 Å². The van der Waals surface area contributed by atoms with Gasteiger partial charge in [-0.25, -0.2) is 5.90 Å². The number of aromatic nitrogens is 3. The van der Waals surface area contributed by atoms with Crippen molar-refractivity contribution in [1.82, 2.24) is 15.1 Å². The van der Waals surface area contributed by atoms with Gasteiger partial charge in [-0.3, -0.25) is 9.82 Å². The van der Waals surface area contributed by atoms with Crippen molar-refractivity contribution < 1.29 is 9.36 Å². The van der Waals surface area contributed by atoms with E-state index in [0.717, 1.165) is 5.56 Å². The van der Waals surface area contributed by atoms with Gasteiger partial charge in [-0.15, -0.1) is 0 Å². The lowest BCUT2D eigenvalue weighted by molar-refractivity contribution is 0.0996. The number of hydrogen-bond donors (Lipinski definition) is 1. The molecule has 0 bridgehead atoms. The number of rotatable bonds is 3. The molecule has 0 atom stereocenters. The first-order chi connectivity index (χ1) is 7.29. The van der Waals surface area contributed by atoms with Crippen LogP contribution in [0.4, 0.5) is 0 Å². The summed E-state index contributed by atoms with van der Waals surface area (Å²) >= 11 is 0. The molecule has 2 rings (SSSR count). The van der Waals surface area contributed by atoms with E-state index in [9.17, 15) is 0 Å². The first-order valence-corrected chi connectivity index (χ1v) is 4.37. The summed E-state index contributed by atoms with van der Waals surface area (Å²) in [7, 11) is 0. The van der Waals surface area contributed by atoms with Crippen LogP contribution in [-0.4, -0.2) is 15.1 Å². The highest BCUT2D eigenvalue weighted by atomic mass is 16.6. The van der Waals surface area contributed by atoms with Gasteiger partial charge in [0.2, 0.25) is 5.82 Å².